The molecule has 0 saturated heterocycles. The average molecular weight is 200 g/mol. The first-order chi connectivity index (χ1) is 3.56. The maximum atomic E-state index is 9.89. The Morgan fingerprint density at radius 2 is 2.12 bits per heavy atom. The number of rotatable bonds is 3. The van der Waals surface area contributed by atoms with Crippen LogP contribution in [0.2, 0.25) is 5.32 Å². The Morgan fingerprint density at radius 1 is 1.62 bits per heavy atom. The Hall–Kier alpha value is 0.719. The number of hydrogen-bond donors (Lipinski definition) is 1. The van der Waals surface area contributed by atoms with Gasteiger partial charge in [-0.25, -0.2) is 0 Å². The van der Waals surface area contributed by atoms with Crippen LogP contribution in [0.4, 0.5) is 0 Å². The van der Waals surface area contributed by atoms with Gasteiger partial charge in [-0.2, -0.15) is 0 Å². The molecule has 0 radical (unpaired) electrons. The van der Waals surface area contributed by atoms with Gasteiger partial charge in [-0.1, -0.05) is 0 Å². The SMILES string of the molecule is O=[S](=O)(O)[Fe][CH2]CCl. The zero-order valence-electron chi connectivity index (χ0n) is 3.82. The fourth-order valence-electron chi connectivity index (χ4n) is 0.118. The maximum absolute atomic E-state index is 9.89. The summed E-state index contributed by atoms with van der Waals surface area (Å²) in [5.41, 5.74) is 0. The number of halogens is 1. The summed E-state index contributed by atoms with van der Waals surface area (Å²) in [7, 11) is -3.77. The van der Waals surface area contributed by atoms with Crippen molar-refractivity contribution in [3.05, 3.63) is 0 Å². The molecule has 52 valence electrons. The molecule has 1 N–H and O–H groups in total. The van der Waals surface area contributed by atoms with Gasteiger partial charge in [-0.15, -0.1) is 0 Å². The van der Waals surface area contributed by atoms with Crippen molar-refractivity contribution < 1.29 is 26.8 Å². The molecule has 0 aliphatic carbocycles. The fourth-order valence-corrected chi connectivity index (χ4v) is 2.14. The minimum absolute atomic E-state index is 0.240. The van der Waals surface area contributed by atoms with Crippen LogP contribution in [0.25, 0.3) is 0 Å². The number of hydrogen-bond acceptors (Lipinski definition) is 2. The van der Waals surface area contributed by atoms with Gasteiger partial charge in [0, 0.05) is 0 Å². The molecule has 0 aromatic heterocycles. The van der Waals surface area contributed by atoms with Gasteiger partial charge >= 0.3 is 58.1 Å². The molecule has 0 unspecified atom stereocenters. The third-order valence-corrected chi connectivity index (χ3v) is 3.31. The molecule has 0 amide bonds. The van der Waals surface area contributed by atoms with Gasteiger partial charge in [-0.3, -0.25) is 0 Å². The average Bonchev–Trinajstić information content (AvgIpc) is 1.59. The summed E-state index contributed by atoms with van der Waals surface area (Å²) < 4.78 is 27.8. The van der Waals surface area contributed by atoms with E-state index < -0.39 is 8.54 Å². The van der Waals surface area contributed by atoms with Crippen LogP contribution in [0.3, 0.4) is 0 Å². The Morgan fingerprint density at radius 3 is 2.25 bits per heavy atom. The van der Waals surface area contributed by atoms with Crippen molar-refractivity contribution in [2.24, 2.45) is 0 Å². The second kappa shape index (κ2) is 3.69. The first-order valence-electron chi connectivity index (χ1n) is 1.68. The van der Waals surface area contributed by atoms with Crippen molar-refractivity contribution in [3.63, 3.8) is 0 Å². The van der Waals surface area contributed by atoms with E-state index in [9.17, 15) is 8.42 Å². The molecule has 0 aromatic rings. The quantitative estimate of drug-likeness (QED) is 0.411. The molecule has 0 bridgehead atoms. The zero-order valence-corrected chi connectivity index (χ0v) is 6.49. The molecule has 0 saturated carbocycles. The predicted octanol–water partition coefficient (Wildman–Crippen LogP) is 0.529. The van der Waals surface area contributed by atoms with Crippen LogP contribution in [-0.4, -0.2) is 18.9 Å². The van der Waals surface area contributed by atoms with Gasteiger partial charge in [-0.05, 0) is 0 Å². The Bertz CT molecular complexity index is 141. The Kier molecular flexibility index (Phi) is 4.02. The monoisotopic (exact) mass is 200 g/mol. The summed E-state index contributed by atoms with van der Waals surface area (Å²) in [4.78, 5) is 0. The Labute approximate surface area is 58.4 Å². The summed E-state index contributed by atoms with van der Waals surface area (Å²) >= 11 is 4.89. The molecular formula is C2H5ClFeO3S. The van der Waals surface area contributed by atoms with Crippen molar-refractivity contribution in [2.75, 3.05) is 5.88 Å². The van der Waals surface area contributed by atoms with E-state index >= 15 is 0 Å². The standard InChI is InChI=1S/C2H4Cl.Fe.HO3S/c1-2-3;;1-4(2)3/h1-2H2;;(H,1,2,3). The summed E-state index contributed by atoms with van der Waals surface area (Å²) in [6.07, 6.45) is 0. The van der Waals surface area contributed by atoms with Gasteiger partial charge in [0.1, 0.15) is 0 Å². The summed E-state index contributed by atoms with van der Waals surface area (Å²) in [6.45, 7) is 0. The summed E-state index contributed by atoms with van der Waals surface area (Å²) in [5.74, 6) is 0.264. The fraction of sp³-hybridized carbons (Fsp3) is 1.00. The molecule has 6 heteroatoms. The molecule has 0 aliphatic heterocycles. The molecule has 0 rings (SSSR count). The molecule has 0 fully saturated rings. The molecule has 0 aliphatic rings. The van der Waals surface area contributed by atoms with E-state index in [0.717, 1.165) is 0 Å². The molecule has 0 heterocycles. The number of alkyl halides is 1. The van der Waals surface area contributed by atoms with Crippen LogP contribution in [0.5, 0.6) is 0 Å². The third kappa shape index (κ3) is 6.72. The van der Waals surface area contributed by atoms with Gasteiger partial charge in [0.15, 0.2) is 0 Å². The van der Waals surface area contributed by atoms with Crippen LogP contribution in [-0.2, 0) is 22.4 Å². The van der Waals surface area contributed by atoms with Crippen molar-refractivity contribution in [3.8, 4) is 0 Å². The molecule has 8 heavy (non-hydrogen) atoms. The predicted molar refractivity (Wildman–Crippen MR) is 27.1 cm³/mol. The van der Waals surface area contributed by atoms with Gasteiger partial charge in [0.2, 0.25) is 0 Å². The van der Waals surface area contributed by atoms with Gasteiger partial charge in [0.05, 0.1) is 0 Å². The molecular weight excluding hydrogens is 195 g/mol. The first kappa shape index (κ1) is 8.72. The molecule has 0 spiro atoms. The normalized spacial score (nSPS) is 12.2. The van der Waals surface area contributed by atoms with E-state index in [0.29, 0.717) is 5.32 Å². The van der Waals surface area contributed by atoms with Crippen molar-refractivity contribution in [1.82, 2.24) is 0 Å². The summed E-state index contributed by atoms with van der Waals surface area (Å²) in [5, 5.41) is 0.306. The van der Waals surface area contributed by atoms with Gasteiger partial charge < -0.3 is 0 Å². The van der Waals surface area contributed by atoms with E-state index in [2.05, 4.69) is 0 Å². The van der Waals surface area contributed by atoms with Crippen LogP contribution in [0, 0.1) is 0 Å². The summed E-state index contributed by atoms with van der Waals surface area (Å²) in [6, 6.07) is 0. The zero-order chi connectivity index (χ0) is 6.62. The molecule has 3 nitrogen and oxygen atoms in total. The molecule has 0 aromatic carbocycles. The van der Waals surface area contributed by atoms with E-state index in [1.54, 1.807) is 0 Å². The second-order valence-electron chi connectivity index (χ2n) is 0.867. The van der Waals surface area contributed by atoms with E-state index in [1.165, 1.54) is 0 Å². The van der Waals surface area contributed by atoms with Crippen molar-refractivity contribution in [1.29, 1.82) is 0 Å². The van der Waals surface area contributed by atoms with Crippen LogP contribution >= 0.6 is 11.6 Å². The minimum atomic E-state index is -3.77. The third-order valence-electron chi connectivity index (χ3n) is 0.268. The topological polar surface area (TPSA) is 54.4 Å². The van der Waals surface area contributed by atoms with E-state index in [1.807, 2.05) is 0 Å². The van der Waals surface area contributed by atoms with Gasteiger partial charge in [0.25, 0.3) is 0 Å². The van der Waals surface area contributed by atoms with E-state index in [-0.39, 0.29) is 19.7 Å². The first-order valence-corrected chi connectivity index (χ1v) is 5.67. The second-order valence-corrected chi connectivity index (χ2v) is 5.47. The van der Waals surface area contributed by atoms with Crippen molar-refractivity contribution >= 4 is 20.1 Å². The van der Waals surface area contributed by atoms with Crippen LogP contribution in [0.1, 0.15) is 0 Å². The van der Waals surface area contributed by atoms with Crippen molar-refractivity contribution in [2.45, 2.75) is 5.32 Å². The molecule has 0 atom stereocenters. The Balaban J connectivity index is 3.42. The van der Waals surface area contributed by atoms with E-state index in [4.69, 9.17) is 16.2 Å². The van der Waals surface area contributed by atoms with Crippen LogP contribution < -0.4 is 0 Å². The van der Waals surface area contributed by atoms with Crippen LogP contribution in [0.15, 0.2) is 0 Å².